The molecule has 1 aromatic heterocycles. The zero-order chi connectivity index (χ0) is 15.0. The molecule has 1 aliphatic heterocycles. The first kappa shape index (κ1) is 14.5. The van der Waals surface area contributed by atoms with Crippen molar-refractivity contribution < 1.29 is 8.42 Å². The lowest BCUT2D eigenvalue weighted by Gasteiger charge is -2.30. The van der Waals surface area contributed by atoms with Crippen molar-refractivity contribution in [2.45, 2.75) is 32.1 Å². The largest absolute Gasteiger partial charge is 0.278 e. The Labute approximate surface area is 125 Å². The van der Waals surface area contributed by atoms with E-state index in [9.17, 15) is 8.42 Å². The summed E-state index contributed by atoms with van der Waals surface area (Å²) in [6.07, 6.45) is 5.91. The van der Waals surface area contributed by atoms with Crippen molar-refractivity contribution in [3.05, 3.63) is 29.5 Å². The van der Waals surface area contributed by atoms with Crippen LogP contribution in [-0.2, 0) is 16.4 Å². The summed E-state index contributed by atoms with van der Waals surface area (Å²) in [6.45, 7) is 3.37. The van der Waals surface area contributed by atoms with E-state index in [1.165, 1.54) is 22.8 Å². The third-order valence-electron chi connectivity index (χ3n) is 4.42. The summed E-state index contributed by atoms with van der Waals surface area (Å²) in [5.74, 6) is 0.412. The molecule has 1 aromatic carbocycles. The van der Waals surface area contributed by atoms with Gasteiger partial charge in [0.15, 0.2) is 0 Å². The molecule has 0 saturated carbocycles. The topological polar surface area (TPSA) is 66.1 Å². The van der Waals surface area contributed by atoms with Crippen molar-refractivity contribution >= 4 is 20.9 Å². The maximum absolute atomic E-state index is 11.6. The van der Waals surface area contributed by atoms with Crippen LogP contribution in [-0.4, -0.2) is 42.3 Å². The van der Waals surface area contributed by atoms with Crippen LogP contribution in [0.15, 0.2) is 18.3 Å². The van der Waals surface area contributed by atoms with Crippen LogP contribution in [0.4, 0.5) is 0 Å². The third-order valence-corrected chi connectivity index (χ3v) is 5.72. The maximum Gasteiger partial charge on any atom is 0.211 e. The number of sulfonamides is 1. The van der Waals surface area contributed by atoms with Gasteiger partial charge in [0.2, 0.25) is 10.0 Å². The second-order valence-electron chi connectivity index (χ2n) is 5.81. The average molecular weight is 307 g/mol. The van der Waals surface area contributed by atoms with E-state index in [4.69, 9.17) is 0 Å². The Bertz CT molecular complexity index is 743. The monoisotopic (exact) mass is 307 g/mol. The number of H-pyrrole nitrogens is 1. The minimum absolute atomic E-state index is 0.412. The summed E-state index contributed by atoms with van der Waals surface area (Å²) in [5, 5.41) is 8.38. The first-order valence-corrected chi connectivity index (χ1v) is 9.25. The van der Waals surface area contributed by atoms with E-state index in [0.717, 1.165) is 24.8 Å². The highest BCUT2D eigenvalue weighted by Crippen LogP contribution is 2.34. The fourth-order valence-corrected chi connectivity index (χ4v) is 4.06. The molecule has 6 heteroatoms. The van der Waals surface area contributed by atoms with Crippen LogP contribution in [0.3, 0.4) is 0 Å². The Balaban J connectivity index is 1.90. The Hall–Kier alpha value is -1.40. The van der Waals surface area contributed by atoms with Crippen LogP contribution in [0.5, 0.6) is 0 Å². The molecular formula is C15H21N3O2S. The van der Waals surface area contributed by atoms with Crippen LogP contribution < -0.4 is 0 Å². The number of piperidine rings is 1. The summed E-state index contributed by atoms with van der Waals surface area (Å²) in [6, 6.07) is 4.41. The van der Waals surface area contributed by atoms with Crippen LogP contribution in [0, 0.1) is 0 Å². The molecule has 2 heterocycles. The number of benzene rings is 1. The molecule has 0 bridgehead atoms. The number of nitrogens with one attached hydrogen (secondary N) is 1. The van der Waals surface area contributed by atoms with Crippen LogP contribution >= 0.6 is 0 Å². The van der Waals surface area contributed by atoms with Crippen molar-refractivity contribution in [1.29, 1.82) is 0 Å². The Morgan fingerprint density at radius 2 is 2.05 bits per heavy atom. The summed E-state index contributed by atoms with van der Waals surface area (Å²) < 4.78 is 24.8. The molecule has 0 spiro atoms. The molecule has 0 atom stereocenters. The predicted molar refractivity (Wildman–Crippen MR) is 83.9 cm³/mol. The van der Waals surface area contributed by atoms with Gasteiger partial charge < -0.3 is 0 Å². The second-order valence-corrected chi connectivity index (χ2v) is 7.79. The molecule has 1 saturated heterocycles. The maximum atomic E-state index is 11.6. The minimum Gasteiger partial charge on any atom is -0.278 e. The highest BCUT2D eigenvalue weighted by atomic mass is 32.2. The lowest BCUT2D eigenvalue weighted by molar-refractivity contribution is 0.322. The predicted octanol–water partition coefficient (Wildman–Crippen LogP) is 2.26. The van der Waals surface area contributed by atoms with Gasteiger partial charge in [-0.25, -0.2) is 12.7 Å². The van der Waals surface area contributed by atoms with Crippen molar-refractivity contribution in [3.8, 4) is 0 Å². The fraction of sp³-hybridized carbons (Fsp3) is 0.533. The summed E-state index contributed by atoms with van der Waals surface area (Å²) in [7, 11) is -3.06. The van der Waals surface area contributed by atoms with Crippen molar-refractivity contribution in [2.75, 3.05) is 19.3 Å². The molecule has 3 rings (SSSR count). The van der Waals surface area contributed by atoms with Gasteiger partial charge in [0.25, 0.3) is 0 Å². The van der Waals surface area contributed by atoms with Gasteiger partial charge in [-0.3, -0.25) is 5.10 Å². The summed E-state index contributed by atoms with van der Waals surface area (Å²) in [5.41, 5.74) is 3.69. The number of fused-ring (bicyclic) bond motifs is 1. The van der Waals surface area contributed by atoms with E-state index in [2.05, 4.69) is 29.3 Å². The van der Waals surface area contributed by atoms with Gasteiger partial charge in [-0.15, -0.1) is 0 Å². The van der Waals surface area contributed by atoms with Crippen molar-refractivity contribution in [2.24, 2.45) is 0 Å². The average Bonchev–Trinajstić information content (AvgIpc) is 2.93. The fourth-order valence-electron chi connectivity index (χ4n) is 3.18. The van der Waals surface area contributed by atoms with Gasteiger partial charge in [-0.2, -0.15) is 5.10 Å². The molecular weight excluding hydrogens is 286 g/mol. The van der Waals surface area contributed by atoms with Crippen LogP contribution in [0.1, 0.15) is 36.8 Å². The molecule has 0 amide bonds. The highest BCUT2D eigenvalue weighted by Gasteiger charge is 2.27. The number of aromatic amines is 1. The van der Waals surface area contributed by atoms with E-state index in [1.807, 2.05) is 6.20 Å². The standard InChI is InChI=1S/C15H21N3O2S/c1-3-11-8-13(14-10-16-17-15(14)9-11)12-4-6-18(7-5-12)21(2,19)20/h8-10,12H,3-7H2,1-2H3,(H,16,17). The number of aromatic nitrogens is 2. The molecule has 114 valence electrons. The zero-order valence-electron chi connectivity index (χ0n) is 12.5. The minimum atomic E-state index is -3.06. The first-order valence-electron chi connectivity index (χ1n) is 7.40. The van der Waals surface area contributed by atoms with Gasteiger partial charge in [0.05, 0.1) is 18.0 Å². The van der Waals surface area contributed by atoms with E-state index in [-0.39, 0.29) is 0 Å². The molecule has 0 radical (unpaired) electrons. The Morgan fingerprint density at radius 1 is 1.33 bits per heavy atom. The first-order chi connectivity index (χ1) is 9.99. The Morgan fingerprint density at radius 3 is 2.67 bits per heavy atom. The lowest BCUT2D eigenvalue weighted by Crippen LogP contribution is -2.37. The number of rotatable bonds is 3. The van der Waals surface area contributed by atoms with E-state index >= 15 is 0 Å². The smallest absolute Gasteiger partial charge is 0.211 e. The Kier molecular flexibility index (Phi) is 3.75. The molecule has 2 aromatic rings. The summed E-state index contributed by atoms with van der Waals surface area (Å²) >= 11 is 0. The van der Waals surface area contributed by atoms with E-state index < -0.39 is 10.0 Å². The number of hydrogen-bond acceptors (Lipinski definition) is 3. The van der Waals surface area contributed by atoms with Gasteiger partial charge in [-0.05, 0) is 42.4 Å². The quantitative estimate of drug-likeness (QED) is 0.946. The molecule has 21 heavy (non-hydrogen) atoms. The van der Waals surface area contributed by atoms with Gasteiger partial charge in [0.1, 0.15) is 0 Å². The van der Waals surface area contributed by atoms with Crippen molar-refractivity contribution in [1.82, 2.24) is 14.5 Å². The van der Waals surface area contributed by atoms with Gasteiger partial charge in [0, 0.05) is 18.5 Å². The van der Waals surface area contributed by atoms with E-state index in [0.29, 0.717) is 19.0 Å². The van der Waals surface area contributed by atoms with Crippen LogP contribution in [0.2, 0.25) is 0 Å². The number of hydrogen-bond donors (Lipinski definition) is 1. The van der Waals surface area contributed by atoms with Crippen LogP contribution in [0.25, 0.3) is 10.9 Å². The number of aryl methyl sites for hydroxylation is 1. The normalized spacial score (nSPS) is 18.4. The van der Waals surface area contributed by atoms with Gasteiger partial charge >= 0.3 is 0 Å². The lowest BCUT2D eigenvalue weighted by atomic mass is 9.87. The molecule has 5 nitrogen and oxygen atoms in total. The SMILES string of the molecule is CCc1cc(C2CCN(S(C)(=O)=O)CC2)c2cn[nH]c2c1. The molecule has 1 fully saturated rings. The third kappa shape index (κ3) is 2.82. The molecule has 0 unspecified atom stereocenters. The highest BCUT2D eigenvalue weighted by molar-refractivity contribution is 7.88. The van der Waals surface area contributed by atoms with E-state index in [1.54, 1.807) is 4.31 Å². The van der Waals surface area contributed by atoms with Crippen molar-refractivity contribution in [3.63, 3.8) is 0 Å². The molecule has 1 N–H and O–H groups in total. The molecule has 0 aliphatic carbocycles. The summed E-state index contributed by atoms with van der Waals surface area (Å²) in [4.78, 5) is 0. The zero-order valence-corrected chi connectivity index (χ0v) is 13.3. The number of nitrogens with zero attached hydrogens (tertiary/aromatic N) is 2. The second kappa shape index (κ2) is 5.42. The van der Waals surface area contributed by atoms with Gasteiger partial charge in [-0.1, -0.05) is 13.0 Å². The molecule has 1 aliphatic rings.